The molecule has 0 rings (SSSR count). The van der Waals surface area contributed by atoms with Crippen molar-refractivity contribution in [1.82, 2.24) is 0 Å². The fraction of sp³-hybridized carbons (Fsp3) is 0.927. The Morgan fingerprint density at radius 2 is 0.898 bits per heavy atom. The number of carbonyl (C=O) groups excluding carboxylic acids is 2. The molecule has 0 aromatic rings. The van der Waals surface area contributed by atoms with Gasteiger partial charge in [-0.25, -0.2) is 4.79 Å². The number of quaternary nitrogens is 1. The van der Waals surface area contributed by atoms with E-state index in [9.17, 15) is 19.5 Å². The van der Waals surface area contributed by atoms with Gasteiger partial charge in [-0.15, -0.1) is 0 Å². The first-order chi connectivity index (χ1) is 23.6. The molecule has 0 fully saturated rings. The van der Waals surface area contributed by atoms with Crippen LogP contribution in [-0.2, 0) is 28.6 Å². The summed E-state index contributed by atoms with van der Waals surface area (Å²) in [6.07, 6.45) is 32.3. The number of aliphatic carboxylic acids is 1. The zero-order valence-electron chi connectivity index (χ0n) is 32.9. The highest BCUT2D eigenvalue weighted by Gasteiger charge is 2.31. The lowest BCUT2D eigenvalue weighted by molar-refractivity contribution is -0.887. The highest BCUT2D eigenvalue weighted by atomic mass is 16.6. The van der Waals surface area contributed by atoms with Gasteiger partial charge in [-0.1, -0.05) is 162 Å². The Kier molecular flexibility index (Phi) is 32.3. The zero-order valence-corrected chi connectivity index (χ0v) is 32.9. The van der Waals surface area contributed by atoms with Crippen molar-refractivity contribution in [1.29, 1.82) is 0 Å². The van der Waals surface area contributed by atoms with E-state index in [-0.39, 0.29) is 36.2 Å². The van der Waals surface area contributed by atoms with Crippen LogP contribution < -0.4 is 0 Å². The summed E-state index contributed by atoms with van der Waals surface area (Å²) in [6, 6.07) is -0.605. The van der Waals surface area contributed by atoms with Gasteiger partial charge in [0.25, 0.3) is 0 Å². The molecule has 2 unspecified atom stereocenters. The topological polar surface area (TPSA) is 99.1 Å². The second-order valence-electron chi connectivity index (χ2n) is 15.3. The molecule has 8 heteroatoms. The Morgan fingerprint density at radius 1 is 0.531 bits per heavy atom. The Morgan fingerprint density at radius 3 is 1.31 bits per heavy atom. The van der Waals surface area contributed by atoms with Crippen LogP contribution in [0.1, 0.15) is 194 Å². The van der Waals surface area contributed by atoms with E-state index in [2.05, 4.69) is 13.8 Å². The standard InChI is InChI=1S/C41H79NO7/c1-6-8-10-11-12-13-14-15-16-17-18-19-20-21-22-23-24-25-26-27-28-30-32-40(44)49-37(36-48-39(43)31-29-9-7-2)35-47-34-33-38(41(45)46)42(3,4)5/h37-38H,6-36H2,1-5H3/p+1. The second-order valence-corrected chi connectivity index (χ2v) is 15.3. The molecule has 0 radical (unpaired) electrons. The highest BCUT2D eigenvalue weighted by molar-refractivity contribution is 5.72. The monoisotopic (exact) mass is 699 g/mol. The van der Waals surface area contributed by atoms with Crippen LogP contribution in [0.2, 0.25) is 0 Å². The molecule has 0 bridgehead atoms. The SMILES string of the molecule is CCCCCCCCCCCCCCCCCCCCCCCCC(=O)OC(COCCC(C(=O)O)[N+](C)(C)C)COC(=O)CCCCC. The lowest BCUT2D eigenvalue weighted by Gasteiger charge is -2.31. The van der Waals surface area contributed by atoms with Gasteiger partial charge in [0.05, 0.1) is 34.4 Å². The number of unbranched alkanes of at least 4 members (excludes halogenated alkanes) is 23. The summed E-state index contributed by atoms with van der Waals surface area (Å²) in [7, 11) is 5.51. The van der Waals surface area contributed by atoms with Crippen LogP contribution in [0.3, 0.4) is 0 Å². The van der Waals surface area contributed by atoms with Crippen LogP contribution in [0.15, 0.2) is 0 Å². The van der Waals surface area contributed by atoms with Gasteiger partial charge in [0.1, 0.15) is 6.61 Å². The Labute approximate surface area is 302 Å². The summed E-state index contributed by atoms with van der Waals surface area (Å²) in [4.78, 5) is 36.3. The molecule has 1 N–H and O–H groups in total. The number of hydrogen-bond donors (Lipinski definition) is 1. The lowest BCUT2D eigenvalue weighted by atomic mass is 10.0. The normalized spacial score (nSPS) is 12.9. The lowest BCUT2D eigenvalue weighted by Crippen LogP contribution is -2.50. The van der Waals surface area contributed by atoms with Crippen LogP contribution in [0.25, 0.3) is 0 Å². The first-order valence-corrected chi connectivity index (χ1v) is 20.6. The van der Waals surface area contributed by atoms with E-state index in [1.807, 2.05) is 21.1 Å². The Bertz CT molecular complexity index is 782. The fourth-order valence-corrected chi connectivity index (χ4v) is 6.27. The van der Waals surface area contributed by atoms with Gasteiger partial charge < -0.3 is 23.8 Å². The molecular formula is C41H80NO7+. The Balaban J connectivity index is 3.97. The average Bonchev–Trinajstić information content (AvgIpc) is 3.05. The summed E-state index contributed by atoms with van der Waals surface area (Å²) >= 11 is 0. The number of likely N-dealkylation sites (N-methyl/N-ethyl adjacent to an activating group) is 1. The smallest absolute Gasteiger partial charge is 0.362 e. The van der Waals surface area contributed by atoms with E-state index in [4.69, 9.17) is 14.2 Å². The first-order valence-electron chi connectivity index (χ1n) is 20.6. The second kappa shape index (κ2) is 33.5. The highest BCUT2D eigenvalue weighted by Crippen LogP contribution is 2.16. The molecule has 0 saturated heterocycles. The third-order valence-electron chi connectivity index (χ3n) is 9.51. The van der Waals surface area contributed by atoms with Gasteiger partial charge in [-0.2, -0.15) is 0 Å². The summed E-state index contributed by atoms with van der Waals surface area (Å²) in [6.45, 7) is 4.59. The summed E-state index contributed by atoms with van der Waals surface area (Å²) in [5.74, 6) is -1.48. The maximum atomic E-state index is 12.6. The van der Waals surface area contributed by atoms with Crippen LogP contribution in [0, 0.1) is 0 Å². The number of carbonyl (C=O) groups is 3. The van der Waals surface area contributed by atoms with Gasteiger partial charge in [0.2, 0.25) is 0 Å². The maximum Gasteiger partial charge on any atom is 0.362 e. The number of carboxylic acids is 1. The molecule has 0 heterocycles. The summed E-state index contributed by atoms with van der Waals surface area (Å²) in [5.41, 5.74) is 0. The molecule has 290 valence electrons. The minimum atomic E-state index is -0.875. The van der Waals surface area contributed by atoms with Crippen molar-refractivity contribution < 1.29 is 38.2 Å². The number of carboxylic acid groups (broad SMARTS) is 1. The number of ether oxygens (including phenoxy) is 3. The minimum absolute atomic E-state index is 0.0479. The molecule has 0 aliphatic rings. The fourth-order valence-electron chi connectivity index (χ4n) is 6.27. The average molecular weight is 699 g/mol. The molecule has 49 heavy (non-hydrogen) atoms. The van der Waals surface area contributed by atoms with Crippen molar-refractivity contribution in [2.24, 2.45) is 0 Å². The minimum Gasteiger partial charge on any atom is -0.477 e. The molecule has 0 aliphatic heterocycles. The molecule has 0 saturated carbocycles. The molecule has 0 amide bonds. The molecule has 2 atom stereocenters. The van der Waals surface area contributed by atoms with Crippen LogP contribution in [0.4, 0.5) is 0 Å². The van der Waals surface area contributed by atoms with Crippen LogP contribution >= 0.6 is 0 Å². The number of rotatable bonds is 37. The zero-order chi connectivity index (χ0) is 36.4. The largest absolute Gasteiger partial charge is 0.477 e. The molecule has 0 aliphatic carbocycles. The van der Waals surface area contributed by atoms with Crippen LogP contribution in [0.5, 0.6) is 0 Å². The van der Waals surface area contributed by atoms with Gasteiger partial charge in [0, 0.05) is 19.3 Å². The predicted octanol–water partition coefficient (Wildman–Crippen LogP) is 10.6. The van der Waals surface area contributed by atoms with E-state index in [1.54, 1.807) is 0 Å². The van der Waals surface area contributed by atoms with Crippen molar-refractivity contribution in [3.05, 3.63) is 0 Å². The van der Waals surface area contributed by atoms with Gasteiger partial charge >= 0.3 is 17.9 Å². The van der Waals surface area contributed by atoms with Crippen molar-refractivity contribution in [2.45, 2.75) is 206 Å². The number of esters is 2. The van der Waals surface area contributed by atoms with E-state index in [1.165, 1.54) is 122 Å². The van der Waals surface area contributed by atoms with E-state index < -0.39 is 18.1 Å². The van der Waals surface area contributed by atoms with Crippen LogP contribution in [-0.4, -0.2) is 80.6 Å². The molecule has 8 nitrogen and oxygen atoms in total. The van der Waals surface area contributed by atoms with E-state index >= 15 is 0 Å². The van der Waals surface area contributed by atoms with Gasteiger partial charge in [-0.3, -0.25) is 9.59 Å². The van der Waals surface area contributed by atoms with Gasteiger partial charge in [-0.05, 0) is 12.8 Å². The predicted molar refractivity (Wildman–Crippen MR) is 202 cm³/mol. The first kappa shape index (κ1) is 47.3. The molecule has 0 aromatic heterocycles. The van der Waals surface area contributed by atoms with E-state index in [0.717, 1.165) is 38.5 Å². The molecular weight excluding hydrogens is 618 g/mol. The van der Waals surface area contributed by atoms with E-state index in [0.29, 0.717) is 19.3 Å². The molecule has 0 aromatic carbocycles. The summed E-state index contributed by atoms with van der Waals surface area (Å²) < 4.78 is 17.0. The third-order valence-corrected chi connectivity index (χ3v) is 9.51. The van der Waals surface area contributed by atoms with Crippen molar-refractivity contribution in [3.63, 3.8) is 0 Å². The Hall–Kier alpha value is -1.67. The van der Waals surface area contributed by atoms with Crippen molar-refractivity contribution >= 4 is 17.9 Å². The number of nitrogens with zero attached hydrogens (tertiary/aromatic N) is 1. The van der Waals surface area contributed by atoms with Crippen molar-refractivity contribution in [2.75, 3.05) is 41.0 Å². The molecule has 0 spiro atoms. The quantitative estimate of drug-likeness (QED) is 0.0392. The third kappa shape index (κ3) is 32.0. The maximum absolute atomic E-state index is 12.6. The van der Waals surface area contributed by atoms with Gasteiger partial charge in [0.15, 0.2) is 12.1 Å². The number of hydrogen-bond acceptors (Lipinski definition) is 6. The summed E-state index contributed by atoms with van der Waals surface area (Å²) in [5, 5.41) is 9.54. The van der Waals surface area contributed by atoms with Crippen molar-refractivity contribution in [3.8, 4) is 0 Å².